The predicted molar refractivity (Wildman–Crippen MR) is 95.0 cm³/mol. The van der Waals surface area contributed by atoms with E-state index < -0.39 is 6.09 Å². The molecule has 26 heavy (non-hydrogen) atoms. The van der Waals surface area contributed by atoms with E-state index in [1.165, 1.54) is 4.90 Å². The molecule has 4 rings (SSSR count). The Morgan fingerprint density at radius 2 is 2.23 bits per heavy atom. The fourth-order valence-corrected chi connectivity index (χ4v) is 3.19. The normalized spacial score (nSPS) is 17.4. The summed E-state index contributed by atoms with van der Waals surface area (Å²) in [5.41, 5.74) is 2.55. The van der Waals surface area contributed by atoms with E-state index >= 15 is 0 Å². The first kappa shape index (κ1) is 16.2. The lowest BCUT2D eigenvalue weighted by atomic mass is 10.1. The topological polar surface area (TPSA) is 109 Å². The van der Waals surface area contributed by atoms with Crippen LogP contribution in [0.25, 0.3) is 16.9 Å². The van der Waals surface area contributed by atoms with E-state index in [0.29, 0.717) is 18.9 Å². The zero-order valence-corrected chi connectivity index (χ0v) is 14.3. The van der Waals surface area contributed by atoms with Gasteiger partial charge in [-0.05, 0) is 19.8 Å². The van der Waals surface area contributed by atoms with Crippen molar-refractivity contribution in [3.63, 3.8) is 0 Å². The van der Waals surface area contributed by atoms with Crippen molar-refractivity contribution in [3.8, 4) is 11.4 Å². The standard InChI is InChI=1S/C17H19N7O2/c1-11-7-19-16(13-8-20-24-6-4-18-9-14(13)24)22-15(11)21-12-3-2-5-23(10-12)17(25)26/h4,6-9,12H,2-3,5,10H2,1H3,(H,25,26)(H,19,21,22)/t12-/m1/s1. The second kappa shape index (κ2) is 6.58. The summed E-state index contributed by atoms with van der Waals surface area (Å²) in [6.07, 6.45) is 9.52. The van der Waals surface area contributed by atoms with Gasteiger partial charge in [-0.25, -0.2) is 19.3 Å². The molecule has 1 amide bonds. The van der Waals surface area contributed by atoms with Gasteiger partial charge >= 0.3 is 6.09 Å². The lowest BCUT2D eigenvalue weighted by molar-refractivity contribution is 0.133. The molecule has 4 heterocycles. The van der Waals surface area contributed by atoms with Crippen molar-refractivity contribution in [2.75, 3.05) is 18.4 Å². The van der Waals surface area contributed by atoms with Gasteiger partial charge in [-0.2, -0.15) is 5.10 Å². The number of rotatable bonds is 3. The zero-order chi connectivity index (χ0) is 18.1. The van der Waals surface area contributed by atoms with E-state index in [9.17, 15) is 9.90 Å². The lowest BCUT2D eigenvalue weighted by Crippen LogP contribution is -2.44. The Balaban J connectivity index is 1.61. The van der Waals surface area contributed by atoms with E-state index in [2.05, 4.69) is 25.4 Å². The summed E-state index contributed by atoms with van der Waals surface area (Å²) < 4.78 is 1.73. The van der Waals surface area contributed by atoms with Gasteiger partial charge in [0.25, 0.3) is 0 Å². The van der Waals surface area contributed by atoms with Crippen LogP contribution in [0.1, 0.15) is 18.4 Å². The maximum atomic E-state index is 11.2. The van der Waals surface area contributed by atoms with Crippen LogP contribution in [-0.4, -0.2) is 59.8 Å². The Bertz CT molecular complexity index is 955. The molecular formula is C17H19N7O2. The van der Waals surface area contributed by atoms with Gasteiger partial charge in [0.05, 0.1) is 23.5 Å². The molecule has 1 aliphatic rings. The molecule has 1 saturated heterocycles. The van der Waals surface area contributed by atoms with Crippen LogP contribution in [0.2, 0.25) is 0 Å². The number of amides is 1. The molecule has 2 N–H and O–H groups in total. The summed E-state index contributed by atoms with van der Waals surface area (Å²) >= 11 is 0. The quantitative estimate of drug-likeness (QED) is 0.742. The number of carboxylic acid groups (broad SMARTS) is 1. The van der Waals surface area contributed by atoms with Crippen LogP contribution in [0.15, 0.2) is 31.0 Å². The highest BCUT2D eigenvalue weighted by Gasteiger charge is 2.24. The van der Waals surface area contributed by atoms with Crippen molar-refractivity contribution in [1.29, 1.82) is 0 Å². The van der Waals surface area contributed by atoms with Crippen molar-refractivity contribution in [2.45, 2.75) is 25.8 Å². The Morgan fingerprint density at radius 3 is 3.08 bits per heavy atom. The zero-order valence-electron chi connectivity index (χ0n) is 14.3. The third kappa shape index (κ3) is 3.03. The van der Waals surface area contributed by atoms with Crippen LogP contribution in [0, 0.1) is 6.92 Å². The molecule has 0 saturated carbocycles. The molecule has 0 spiro atoms. The molecule has 0 radical (unpaired) electrons. The first-order chi connectivity index (χ1) is 12.6. The third-order valence-electron chi connectivity index (χ3n) is 4.57. The predicted octanol–water partition coefficient (Wildman–Crippen LogP) is 2.05. The largest absolute Gasteiger partial charge is 0.465 e. The SMILES string of the molecule is Cc1cnc(-c2cnn3ccncc23)nc1N[C@@H]1CCCN(C(=O)O)C1. The molecule has 1 aliphatic heterocycles. The van der Waals surface area contributed by atoms with Gasteiger partial charge in [0.1, 0.15) is 5.82 Å². The highest BCUT2D eigenvalue weighted by molar-refractivity contribution is 5.75. The summed E-state index contributed by atoms with van der Waals surface area (Å²) in [4.78, 5) is 25.9. The summed E-state index contributed by atoms with van der Waals surface area (Å²) in [6.45, 7) is 2.97. The summed E-state index contributed by atoms with van der Waals surface area (Å²) in [5.74, 6) is 1.28. The van der Waals surface area contributed by atoms with E-state index in [0.717, 1.165) is 35.3 Å². The van der Waals surface area contributed by atoms with Crippen molar-refractivity contribution in [1.82, 2.24) is 29.5 Å². The Hall–Kier alpha value is -3.23. The lowest BCUT2D eigenvalue weighted by Gasteiger charge is -2.31. The van der Waals surface area contributed by atoms with Gasteiger partial charge in [0.2, 0.25) is 0 Å². The average Bonchev–Trinajstić information content (AvgIpc) is 3.08. The number of piperidine rings is 1. The number of nitrogens with one attached hydrogen (secondary N) is 1. The minimum Gasteiger partial charge on any atom is -0.465 e. The Morgan fingerprint density at radius 1 is 1.35 bits per heavy atom. The van der Waals surface area contributed by atoms with Gasteiger partial charge in [-0.3, -0.25) is 4.98 Å². The number of aromatic nitrogens is 5. The number of hydrogen-bond acceptors (Lipinski definition) is 6. The second-order valence-corrected chi connectivity index (χ2v) is 6.40. The van der Waals surface area contributed by atoms with Crippen LogP contribution in [0.4, 0.5) is 10.6 Å². The van der Waals surface area contributed by atoms with Gasteiger partial charge in [-0.1, -0.05) is 0 Å². The number of fused-ring (bicyclic) bond motifs is 1. The van der Waals surface area contributed by atoms with E-state index in [-0.39, 0.29) is 6.04 Å². The molecule has 0 unspecified atom stereocenters. The highest BCUT2D eigenvalue weighted by atomic mass is 16.4. The first-order valence-electron chi connectivity index (χ1n) is 8.47. The van der Waals surface area contributed by atoms with Gasteiger partial charge in [-0.15, -0.1) is 0 Å². The van der Waals surface area contributed by atoms with Gasteiger partial charge < -0.3 is 15.3 Å². The molecule has 3 aromatic rings. The maximum Gasteiger partial charge on any atom is 0.407 e. The van der Waals surface area contributed by atoms with E-state index in [1.807, 2.05) is 6.92 Å². The number of likely N-dealkylation sites (tertiary alicyclic amines) is 1. The molecule has 9 nitrogen and oxygen atoms in total. The molecule has 3 aromatic heterocycles. The smallest absolute Gasteiger partial charge is 0.407 e. The molecule has 134 valence electrons. The van der Waals surface area contributed by atoms with Crippen LogP contribution in [0.3, 0.4) is 0 Å². The number of hydrogen-bond donors (Lipinski definition) is 2. The van der Waals surface area contributed by atoms with Gasteiger partial charge in [0, 0.05) is 43.3 Å². The number of aryl methyl sites for hydroxylation is 1. The second-order valence-electron chi connectivity index (χ2n) is 6.40. The fraction of sp³-hybridized carbons (Fsp3) is 0.353. The molecule has 9 heteroatoms. The Labute approximate surface area is 149 Å². The molecule has 1 fully saturated rings. The van der Waals surface area contributed by atoms with Crippen LogP contribution >= 0.6 is 0 Å². The van der Waals surface area contributed by atoms with E-state index in [4.69, 9.17) is 0 Å². The van der Waals surface area contributed by atoms with Crippen LogP contribution < -0.4 is 5.32 Å². The molecule has 1 atom stereocenters. The molecule has 0 aliphatic carbocycles. The minimum absolute atomic E-state index is 0.0341. The molecule has 0 bridgehead atoms. The molecular weight excluding hydrogens is 334 g/mol. The molecule has 0 aromatic carbocycles. The van der Waals surface area contributed by atoms with Crippen molar-refractivity contribution in [3.05, 3.63) is 36.5 Å². The third-order valence-corrected chi connectivity index (χ3v) is 4.57. The van der Waals surface area contributed by atoms with Crippen LogP contribution in [-0.2, 0) is 0 Å². The summed E-state index contributed by atoms with van der Waals surface area (Å²) in [7, 11) is 0. The van der Waals surface area contributed by atoms with Crippen molar-refractivity contribution in [2.24, 2.45) is 0 Å². The summed E-state index contributed by atoms with van der Waals surface area (Å²) in [5, 5.41) is 16.9. The fourth-order valence-electron chi connectivity index (χ4n) is 3.19. The average molecular weight is 353 g/mol. The Kier molecular flexibility index (Phi) is 4.11. The highest BCUT2D eigenvalue weighted by Crippen LogP contribution is 2.24. The maximum absolute atomic E-state index is 11.2. The van der Waals surface area contributed by atoms with Gasteiger partial charge in [0.15, 0.2) is 5.82 Å². The van der Waals surface area contributed by atoms with E-state index in [1.54, 1.807) is 35.5 Å². The van der Waals surface area contributed by atoms with Crippen molar-refractivity contribution < 1.29 is 9.90 Å². The minimum atomic E-state index is -0.879. The van der Waals surface area contributed by atoms with Crippen LogP contribution in [0.5, 0.6) is 0 Å². The summed E-state index contributed by atoms with van der Waals surface area (Å²) in [6, 6.07) is 0.0341. The number of nitrogens with zero attached hydrogens (tertiary/aromatic N) is 6. The number of anilines is 1. The van der Waals surface area contributed by atoms with Crippen molar-refractivity contribution >= 4 is 17.4 Å². The first-order valence-corrected chi connectivity index (χ1v) is 8.47. The monoisotopic (exact) mass is 353 g/mol. The number of carbonyl (C=O) groups is 1.